The molecule has 0 fully saturated rings. The molecule has 10 heteroatoms. The van der Waals surface area contributed by atoms with E-state index in [0.29, 0.717) is 5.02 Å². The number of hydrogen-bond donors (Lipinski definition) is 3. The molecule has 0 aliphatic carbocycles. The average molecular weight is 494 g/mol. The topological polar surface area (TPSA) is 94.8 Å². The van der Waals surface area contributed by atoms with E-state index in [9.17, 15) is 23.2 Å². The second-order valence-corrected chi connectivity index (χ2v) is 9.28. The summed E-state index contributed by atoms with van der Waals surface area (Å²) in [6.45, 7) is 0. The second-order valence-electron chi connectivity index (χ2n) is 6.09. The summed E-state index contributed by atoms with van der Waals surface area (Å²) < 4.78 is 33.9. The molecule has 3 rings (SSSR count). The van der Waals surface area contributed by atoms with Gasteiger partial charge < -0.3 is 10.2 Å². The van der Waals surface area contributed by atoms with Crippen LogP contribution in [0, 0.1) is 0 Å². The Balaban J connectivity index is 2.58. The van der Waals surface area contributed by atoms with Gasteiger partial charge in [0.05, 0.1) is 15.1 Å². The maximum Gasteiger partial charge on any atom is 0.283 e. The van der Waals surface area contributed by atoms with Gasteiger partial charge >= 0.3 is 0 Å². The zero-order valence-electron chi connectivity index (χ0n) is 14.3. The lowest BCUT2D eigenvalue weighted by molar-refractivity contribution is 0.393. The molecule has 29 heavy (non-hydrogen) atoms. The van der Waals surface area contributed by atoms with Crippen LogP contribution in [-0.4, -0.2) is 23.2 Å². The van der Waals surface area contributed by atoms with E-state index >= 15 is 0 Å². The van der Waals surface area contributed by atoms with Crippen molar-refractivity contribution in [2.24, 2.45) is 0 Å². The molecule has 1 atom stereocenters. The van der Waals surface area contributed by atoms with Crippen LogP contribution in [0.1, 0.15) is 16.7 Å². The number of hydrogen-bond acceptors (Lipinski definition) is 4. The van der Waals surface area contributed by atoms with Crippen molar-refractivity contribution in [3.8, 4) is 11.5 Å². The van der Waals surface area contributed by atoms with Gasteiger partial charge in [-0.25, -0.2) is 0 Å². The van der Waals surface area contributed by atoms with Gasteiger partial charge in [-0.05, 0) is 41.5 Å². The van der Waals surface area contributed by atoms with Crippen molar-refractivity contribution in [1.82, 2.24) is 0 Å². The van der Waals surface area contributed by atoms with E-state index in [1.54, 1.807) is 0 Å². The van der Waals surface area contributed by atoms with E-state index in [1.165, 1.54) is 48.5 Å². The third kappa shape index (κ3) is 3.65. The summed E-state index contributed by atoms with van der Waals surface area (Å²) in [7, 11) is -5.06. The highest BCUT2D eigenvalue weighted by molar-refractivity contribution is 7.87. The Bertz CT molecular complexity index is 1170. The van der Waals surface area contributed by atoms with Gasteiger partial charge in [-0.1, -0.05) is 70.7 Å². The minimum absolute atomic E-state index is 0.0137. The normalized spacial score (nSPS) is 13.8. The molecule has 0 radical (unpaired) electrons. The molecule has 0 bridgehead atoms. The van der Waals surface area contributed by atoms with Gasteiger partial charge in [0, 0.05) is 10.6 Å². The lowest BCUT2D eigenvalue weighted by atomic mass is 9.83. The smallest absolute Gasteiger partial charge is 0.283 e. The summed E-state index contributed by atoms with van der Waals surface area (Å²) in [4.78, 5) is 0. The summed E-state index contributed by atoms with van der Waals surface area (Å²) in [6, 6.07) is 11.7. The first-order valence-electron chi connectivity index (χ1n) is 7.89. The first kappa shape index (κ1) is 22.0. The Morgan fingerprint density at radius 2 is 1.34 bits per heavy atom. The third-order valence-corrected chi connectivity index (χ3v) is 7.34. The zero-order chi connectivity index (χ0) is 21.6. The molecule has 0 saturated heterocycles. The molecule has 3 aromatic carbocycles. The van der Waals surface area contributed by atoms with Crippen molar-refractivity contribution in [3.63, 3.8) is 0 Å². The largest absolute Gasteiger partial charge is 0.504 e. The molecule has 0 spiro atoms. The van der Waals surface area contributed by atoms with Crippen molar-refractivity contribution in [2.45, 2.75) is 4.75 Å². The van der Waals surface area contributed by atoms with Crippen LogP contribution < -0.4 is 0 Å². The Kier molecular flexibility index (Phi) is 5.98. The molecule has 0 aliphatic rings. The Hall–Kier alpha value is -1.67. The summed E-state index contributed by atoms with van der Waals surface area (Å²) >= 11 is 24.2. The maximum atomic E-state index is 12.9. The molecule has 3 aromatic rings. The minimum atomic E-state index is -5.06. The van der Waals surface area contributed by atoms with E-state index < -0.39 is 26.4 Å². The van der Waals surface area contributed by atoms with Gasteiger partial charge in [0.2, 0.25) is 0 Å². The van der Waals surface area contributed by atoms with Crippen LogP contribution in [0.4, 0.5) is 0 Å². The summed E-state index contributed by atoms with van der Waals surface area (Å²) in [5.41, 5.74) is -0.417. The molecule has 3 N–H and O–H groups in total. The molecule has 0 amide bonds. The summed E-state index contributed by atoms with van der Waals surface area (Å²) in [5, 5.41) is 20.7. The number of aromatic hydroxyl groups is 2. The van der Waals surface area contributed by atoms with E-state index in [1.807, 2.05) is 0 Å². The molecule has 1 unspecified atom stereocenters. The second kappa shape index (κ2) is 7.87. The van der Waals surface area contributed by atoms with Crippen molar-refractivity contribution >= 4 is 56.5 Å². The lowest BCUT2D eigenvalue weighted by Gasteiger charge is -2.33. The van der Waals surface area contributed by atoms with Crippen LogP contribution in [0.15, 0.2) is 54.6 Å². The first-order valence-corrected chi connectivity index (χ1v) is 10.8. The van der Waals surface area contributed by atoms with Gasteiger partial charge in [0.25, 0.3) is 10.1 Å². The number of rotatable bonds is 4. The van der Waals surface area contributed by atoms with Crippen LogP contribution in [-0.2, 0) is 14.9 Å². The number of phenolic OH excluding ortho intramolecular Hbond substituents is 2. The fourth-order valence-corrected chi connectivity index (χ4v) is 5.19. The zero-order valence-corrected chi connectivity index (χ0v) is 18.1. The van der Waals surface area contributed by atoms with Crippen LogP contribution in [0.5, 0.6) is 11.5 Å². The molecule has 0 saturated carbocycles. The Morgan fingerprint density at radius 1 is 0.793 bits per heavy atom. The highest BCUT2D eigenvalue weighted by Crippen LogP contribution is 2.50. The number of halogens is 4. The van der Waals surface area contributed by atoms with Crippen molar-refractivity contribution in [1.29, 1.82) is 0 Å². The van der Waals surface area contributed by atoms with Gasteiger partial charge in [-0.15, -0.1) is 0 Å². The third-order valence-electron chi connectivity index (χ3n) is 4.42. The predicted octanol–water partition coefficient (Wildman–Crippen LogP) is 5.89. The molecule has 0 heterocycles. The maximum absolute atomic E-state index is 12.9. The standard InChI is InChI=1S/C19H12Cl4O5S/c20-12-6-4-10(5-7-12)19(29(26,27)28,13-2-1-3-16(24)18(13)25)11-8-14(21)17(23)15(22)9-11/h1-9,24-25H,(H,26,27,28). The van der Waals surface area contributed by atoms with E-state index in [-0.39, 0.29) is 31.8 Å². The molecule has 152 valence electrons. The first-order chi connectivity index (χ1) is 13.5. The predicted molar refractivity (Wildman–Crippen MR) is 114 cm³/mol. The quantitative estimate of drug-likeness (QED) is 0.182. The van der Waals surface area contributed by atoms with Gasteiger partial charge in [-0.3, -0.25) is 4.55 Å². The molecular weight excluding hydrogens is 482 g/mol. The average Bonchev–Trinajstić information content (AvgIpc) is 2.64. The highest BCUT2D eigenvalue weighted by Gasteiger charge is 2.50. The van der Waals surface area contributed by atoms with Crippen LogP contribution in [0.3, 0.4) is 0 Å². The fourth-order valence-electron chi connectivity index (χ4n) is 3.17. The van der Waals surface area contributed by atoms with Crippen molar-refractivity contribution in [3.05, 3.63) is 91.4 Å². The summed E-state index contributed by atoms with van der Waals surface area (Å²) in [6.07, 6.45) is 0. The van der Waals surface area contributed by atoms with Crippen LogP contribution in [0.25, 0.3) is 0 Å². The number of para-hydroxylation sites is 1. The van der Waals surface area contributed by atoms with Gasteiger partial charge in [0.1, 0.15) is 0 Å². The Labute approximate surface area is 186 Å². The number of phenols is 2. The summed E-state index contributed by atoms with van der Waals surface area (Å²) in [5.74, 6) is -1.34. The van der Waals surface area contributed by atoms with Gasteiger partial charge in [-0.2, -0.15) is 8.42 Å². The van der Waals surface area contributed by atoms with Crippen LogP contribution in [0.2, 0.25) is 20.1 Å². The number of benzene rings is 3. The highest BCUT2D eigenvalue weighted by atomic mass is 35.5. The van der Waals surface area contributed by atoms with E-state index in [4.69, 9.17) is 46.4 Å². The van der Waals surface area contributed by atoms with Gasteiger partial charge in [0.15, 0.2) is 16.2 Å². The van der Waals surface area contributed by atoms with Crippen molar-refractivity contribution in [2.75, 3.05) is 0 Å². The molecule has 0 aliphatic heterocycles. The monoisotopic (exact) mass is 492 g/mol. The lowest BCUT2D eigenvalue weighted by Crippen LogP contribution is -2.38. The SMILES string of the molecule is O=S(=O)(O)C(c1ccc(Cl)cc1)(c1cc(Cl)c(Cl)c(Cl)c1)c1cccc(O)c1O. The molecular formula is C19H12Cl4O5S. The Morgan fingerprint density at radius 3 is 1.86 bits per heavy atom. The fraction of sp³-hybridized carbons (Fsp3) is 0.0526. The molecule has 0 aromatic heterocycles. The van der Waals surface area contributed by atoms with Crippen molar-refractivity contribution < 1.29 is 23.2 Å². The minimum Gasteiger partial charge on any atom is -0.504 e. The van der Waals surface area contributed by atoms with E-state index in [0.717, 1.165) is 6.07 Å². The van der Waals surface area contributed by atoms with E-state index in [2.05, 4.69) is 0 Å². The molecule has 5 nitrogen and oxygen atoms in total. The van der Waals surface area contributed by atoms with Crippen LogP contribution >= 0.6 is 46.4 Å².